The van der Waals surface area contributed by atoms with Gasteiger partial charge in [-0.15, -0.1) is 0 Å². The third-order valence-electron chi connectivity index (χ3n) is 2.91. The minimum Gasteiger partial charge on any atom is -0.345 e. The predicted molar refractivity (Wildman–Crippen MR) is 57.6 cm³/mol. The van der Waals surface area contributed by atoms with Crippen LogP contribution in [0.3, 0.4) is 0 Å². The van der Waals surface area contributed by atoms with E-state index in [9.17, 15) is 18.0 Å². The number of amides is 1. The molecule has 0 aliphatic carbocycles. The van der Waals surface area contributed by atoms with Gasteiger partial charge in [0, 0.05) is 26.2 Å². The van der Waals surface area contributed by atoms with Crippen LogP contribution in [0.2, 0.25) is 0 Å². The summed E-state index contributed by atoms with van der Waals surface area (Å²) in [5, 5.41) is 5.06. The Bertz CT molecular complexity index is 272. The average Bonchev–Trinajstić information content (AvgIpc) is 2.26. The highest BCUT2D eigenvalue weighted by atomic mass is 19.4. The molecular weight excluding hydrogens is 235 g/mol. The lowest BCUT2D eigenvalue weighted by atomic mass is 10.0. The Labute approximate surface area is 98.5 Å². The molecule has 0 unspecified atom stereocenters. The van der Waals surface area contributed by atoms with Gasteiger partial charge >= 0.3 is 6.18 Å². The van der Waals surface area contributed by atoms with Gasteiger partial charge in [0.05, 0.1) is 5.54 Å². The predicted octanol–water partition coefficient (Wildman–Crippen LogP) is 0.349. The highest BCUT2D eigenvalue weighted by Crippen LogP contribution is 2.17. The van der Waals surface area contributed by atoms with Crippen LogP contribution in [0.1, 0.15) is 13.8 Å². The monoisotopic (exact) mass is 253 g/mol. The van der Waals surface area contributed by atoms with Gasteiger partial charge in [-0.2, -0.15) is 13.2 Å². The summed E-state index contributed by atoms with van der Waals surface area (Å²) in [6.07, 6.45) is -4.37. The van der Waals surface area contributed by atoms with Gasteiger partial charge < -0.3 is 10.6 Å². The smallest absolute Gasteiger partial charge is 0.345 e. The summed E-state index contributed by atoms with van der Waals surface area (Å²) in [5.74, 6) is -0.586. The number of piperazine rings is 1. The molecule has 1 aliphatic rings. The SMILES string of the molecule is CC(C)(C(=O)NCC(F)(F)F)N1CCNCC1. The number of halogens is 3. The highest BCUT2D eigenvalue weighted by Gasteiger charge is 2.37. The van der Waals surface area contributed by atoms with Gasteiger partial charge in [-0.05, 0) is 13.8 Å². The molecule has 0 atom stereocenters. The fraction of sp³-hybridized carbons (Fsp3) is 0.900. The molecule has 0 radical (unpaired) electrons. The van der Waals surface area contributed by atoms with Crippen LogP contribution in [0.4, 0.5) is 13.2 Å². The number of hydrogen-bond acceptors (Lipinski definition) is 3. The molecule has 0 spiro atoms. The first kappa shape index (κ1) is 14.2. The second-order valence-corrected chi connectivity index (χ2v) is 4.59. The number of nitrogens with zero attached hydrogens (tertiary/aromatic N) is 1. The zero-order valence-corrected chi connectivity index (χ0v) is 10.0. The van der Waals surface area contributed by atoms with E-state index in [4.69, 9.17) is 0 Å². The maximum Gasteiger partial charge on any atom is 0.405 e. The molecule has 4 nitrogen and oxygen atoms in total. The molecule has 1 aliphatic heterocycles. The summed E-state index contributed by atoms with van der Waals surface area (Å²) in [5.41, 5.74) is -0.909. The first-order valence-corrected chi connectivity index (χ1v) is 5.54. The number of carbonyl (C=O) groups excluding carboxylic acids is 1. The second kappa shape index (κ2) is 5.22. The summed E-state index contributed by atoms with van der Waals surface area (Å²) < 4.78 is 36.0. The zero-order valence-electron chi connectivity index (χ0n) is 10.0. The molecular formula is C10H18F3N3O. The molecule has 1 heterocycles. The zero-order chi connectivity index (χ0) is 13.1. The van der Waals surface area contributed by atoms with Gasteiger partial charge in [-0.25, -0.2) is 0 Å². The van der Waals surface area contributed by atoms with E-state index in [-0.39, 0.29) is 0 Å². The molecule has 0 saturated carbocycles. The van der Waals surface area contributed by atoms with Gasteiger partial charge in [0.15, 0.2) is 0 Å². The van der Waals surface area contributed by atoms with Crippen molar-refractivity contribution in [2.75, 3.05) is 32.7 Å². The van der Waals surface area contributed by atoms with Crippen LogP contribution < -0.4 is 10.6 Å². The Hall–Kier alpha value is -0.820. The molecule has 1 fully saturated rings. The van der Waals surface area contributed by atoms with Crippen LogP contribution in [0.15, 0.2) is 0 Å². The maximum absolute atomic E-state index is 12.0. The fourth-order valence-electron chi connectivity index (χ4n) is 1.76. The van der Waals surface area contributed by atoms with Gasteiger partial charge in [0.2, 0.25) is 5.91 Å². The number of hydrogen-bond donors (Lipinski definition) is 2. The number of nitrogens with one attached hydrogen (secondary N) is 2. The Morgan fingerprint density at radius 2 is 1.82 bits per heavy atom. The van der Waals surface area contributed by atoms with Crippen molar-refractivity contribution in [1.82, 2.24) is 15.5 Å². The normalized spacial score (nSPS) is 19.1. The summed E-state index contributed by atoms with van der Waals surface area (Å²) in [7, 11) is 0. The molecule has 0 bridgehead atoms. The highest BCUT2D eigenvalue weighted by molar-refractivity contribution is 5.85. The number of rotatable bonds is 3. The van der Waals surface area contributed by atoms with E-state index in [1.54, 1.807) is 13.8 Å². The summed E-state index contributed by atoms with van der Waals surface area (Å²) in [6, 6.07) is 0. The van der Waals surface area contributed by atoms with Gasteiger partial charge in [-0.3, -0.25) is 9.69 Å². The molecule has 1 saturated heterocycles. The van der Waals surface area contributed by atoms with Crippen molar-refractivity contribution in [1.29, 1.82) is 0 Å². The van der Waals surface area contributed by atoms with Gasteiger partial charge in [-0.1, -0.05) is 0 Å². The van der Waals surface area contributed by atoms with E-state index in [0.29, 0.717) is 13.1 Å². The van der Waals surface area contributed by atoms with E-state index in [0.717, 1.165) is 13.1 Å². The lowest BCUT2D eigenvalue weighted by Gasteiger charge is -2.39. The molecule has 1 rings (SSSR count). The van der Waals surface area contributed by atoms with E-state index < -0.39 is 24.2 Å². The molecule has 0 aromatic rings. The van der Waals surface area contributed by atoms with E-state index >= 15 is 0 Å². The average molecular weight is 253 g/mol. The van der Waals surface area contributed by atoms with Crippen molar-refractivity contribution < 1.29 is 18.0 Å². The summed E-state index contributed by atoms with van der Waals surface area (Å²) >= 11 is 0. The lowest BCUT2D eigenvalue weighted by molar-refractivity contribution is -0.145. The van der Waals surface area contributed by atoms with Crippen molar-refractivity contribution in [2.45, 2.75) is 25.6 Å². The van der Waals surface area contributed by atoms with Crippen LogP contribution in [0.25, 0.3) is 0 Å². The van der Waals surface area contributed by atoms with Gasteiger partial charge in [0.1, 0.15) is 6.54 Å². The number of alkyl halides is 3. The van der Waals surface area contributed by atoms with E-state index in [2.05, 4.69) is 5.32 Å². The van der Waals surface area contributed by atoms with Crippen LogP contribution in [0, 0.1) is 0 Å². The Kier molecular flexibility index (Phi) is 4.37. The van der Waals surface area contributed by atoms with Crippen molar-refractivity contribution in [3.63, 3.8) is 0 Å². The quantitative estimate of drug-likeness (QED) is 0.763. The summed E-state index contributed by atoms with van der Waals surface area (Å²) in [4.78, 5) is 13.6. The first-order valence-electron chi connectivity index (χ1n) is 5.54. The van der Waals surface area contributed by atoms with E-state index in [1.807, 2.05) is 10.2 Å². The molecule has 2 N–H and O–H groups in total. The van der Waals surface area contributed by atoms with Crippen LogP contribution >= 0.6 is 0 Å². The molecule has 17 heavy (non-hydrogen) atoms. The molecule has 1 amide bonds. The van der Waals surface area contributed by atoms with Crippen molar-refractivity contribution >= 4 is 5.91 Å². The maximum atomic E-state index is 12.0. The van der Waals surface area contributed by atoms with E-state index in [1.165, 1.54) is 0 Å². The number of carbonyl (C=O) groups is 1. The van der Waals surface area contributed by atoms with Crippen molar-refractivity contribution in [2.24, 2.45) is 0 Å². The van der Waals surface area contributed by atoms with Crippen molar-refractivity contribution in [3.8, 4) is 0 Å². The Morgan fingerprint density at radius 3 is 2.29 bits per heavy atom. The molecule has 100 valence electrons. The van der Waals surface area contributed by atoms with Crippen LogP contribution in [-0.2, 0) is 4.79 Å². The molecule has 7 heteroatoms. The summed E-state index contributed by atoms with van der Waals surface area (Å²) in [6.45, 7) is 4.82. The van der Waals surface area contributed by atoms with Crippen LogP contribution in [-0.4, -0.2) is 55.2 Å². The molecule has 0 aromatic carbocycles. The molecule has 0 aromatic heterocycles. The minimum absolute atomic E-state index is 0.586. The Morgan fingerprint density at radius 1 is 1.29 bits per heavy atom. The Balaban J connectivity index is 2.53. The van der Waals surface area contributed by atoms with Crippen LogP contribution in [0.5, 0.6) is 0 Å². The standard InChI is InChI=1S/C10H18F3N3O/c1-9(2,16-5-3-14-4-6-16)8(17)15-7-10(11,12)13/h14H,3-7H2,1-2H3,(H,15,17). The second-order valence-electron chi connectivity index (χ2n) is 4.59. The largest absolute Gasteiger partial charge is 0.405 e. The third-order valence-corrected chi connectivity index (χ3v) is 2.91. The topological polar surface area (TPSA) is 44.4 Å². The fourth-order valence-corrected chi connectivity index (χ4v) is 1.76. The lowest BCUT2D eigenvalue weighted by Crippen LogP contribution is -2.60. The third kappa shape index (κ3) is 4.16. The van der Waals surface area contributed by atoms with Crippen molar-refractivity contribution in [3.05, 3.63) is 0 Å². The minimum atomic E-state index is -4.37. The first-order chi connectivity index (χ1) is 7.73. The van der Waals surface area contributed by atoms with Gasteiger partial charge in [0.25, 0.3) is 0 Å².